The van der Waals surface area contributed by atoms with Crippen molar-refractivity contribution in [2.24, 2.45) is 0 Å². The predicted molar refractivity (Wildman–Crippen MR) is 147 cm³/mol. The highest BCUT2D eigenvalue weighted by Gasteiger charge is 2.22. The van der Waals surface area contributed by atoms with Gasteiger partial charge in [0.1, 0.15) is 17.2 Å². The number of aromatic amines is 2. The normalized spacial score (nSPS) is 11.5. The number of aromatic nitrogens is 4. The largest absolute Gasteiger partial charge is 0.444 e. The minimum absolute atomic E-state index is 0.333. The van der Waals surface area contributed by atoms with Crippen molar-refractivity contribution in [3.63, 3.8) is 0 Å². The van der Waals surface area contributed by atoms with E-state index in [2.05, 4.69) is 44.0 Å². The van der Waals surface area contributed by atoms with Gasteiger partial charge in [0, 0.05) is 17.7 Å². The number of carbonyl (C=O) groups is 1. The molecule has 2 aromatic heterocycles. The van der Waals surface area contributed by atoms with Crippen LogP contribution in [-0.4, -0.2) is 49.6 Å². The first kappa shape index (κ1) is 26.2. The van der Waals surface area contributed by atoms with E-state index in [0.29, 0.717) is 18.9 Å². The Balaban J connectivity index is 1.48. The zero-order valence-electron chi connectivity index (χ0n) is 22.4. The molecule has 0 radical (unpaired) electrons. The summed E-state index contributed by atoms with van der Waals surface area (Å²) in [6.07, 6.45) is 1.59. The summed E-state index contributed by atoms with van der Waals surface area (Å²) in [4.78, 5) is 30.3. The summed E-state index contributed by atoms with van der Waals surface area (Å²) < 4.78 is 5.56. The summed E-state index contributed by atoms with van der Waals surface area (Å²) in [6, 6.07) is 11.9. The van der Waals surface area contributed by atoms with Crippen molar-refractivity contribution in [3.05, 3.63) is 59.2 Å². The van der Waals surface area contributed by atoms with Crippen LogP contribution in [0.4, 0.5) is 4.79 Å². The molecule has 0 bridgehead atoms. The van der Waals surface area contributed by atoms with E-state index in [-0.39, 0.29) is 6.09 Å². The highest BCUT2D eigenvalue weighted by molar-refractivity contribution is 5.78. The lowest BCUT2D eigenvalue weighted by molar-refractivity contribution is 0.0229. The number of ether oxygens (including phenoxy) is 1. The summed E-state index contributed by atoms with van der Waals surface area (Å²) in [7, 11) is 0. The maximum Gasteiger partial charge on any atom is 0.410 e. The molecule has 194 valence electrons. The minimum Gasteiger partial charge on any atom is -0.444 e. The number of fused-ring (bicyclic) bond motifs is 2. The van der Waals surface area contributed by atoms with Crippen LogP contribution in [0.15, 0.2) is 36.4 Å². The number of nitrogens with one attached hydrogen (secondary N) is 3. The molecule has 0 aliphatic rings. The Hall–Kier alpha value is -3.83. The van der Waals surface area contributed by atoms with Gasteiger partial charge in [-0.05, 0) is 76.6 Å². The molecule has 3 N–H and O–H groups in total. The van der Waals surface area contributed by atoms with Crippen molar-refractivity contribution in [2.75, 3.05) is 13.1 Å². The number of amides is 1. The Kier molecular flexibility index (Phi) is 8.14. The quantitative estimate of drug-likeness (QED) is 0.220. The minimum atomic E-state index is -0.541. The van der Waals surface area contributed by atoms with Gasteiger partial charge in [-0.25, -0.2) is 14.8 Å². The molecule has 37 heavy (non-hydrogen) atoms. The van der Waals surface area contributed by atoms with Crippen molar-refractivity contribution >= 4 is 28.2 Å². The van der Waals surface area contributed by atoms with Crippen molar-refractivity contribution in [1.82, 2.24) is 30.2 Å². The molecular weight excluding hydrogens is 464 g/mol. The second-order valence-electron chi connectivity index (χ2n) is 10.2. The summed E-state index contributed by atoms with van der Waals surface area (Å²) in [5.41, 5.74) is 4.90. The lowest BCUT2D eigenvalue weighted by atomic mass is 10.1. The highest BCUT2D eigenvalue weighted by atomic mass is 16.6. The average molecular weight is 501 g/mol. The van der Waals surface area contributed by atoms with Crippen molar-refractivity contribution in [3.8, 4) is 11.8 Å². The molecule has 1 amide bonds. The number of hydrogen-bond acceptors (Lipinski definition) is 5. The Morgan fingerprint density at radius 3 is 2.11 bits per heavy atom. The standard InChI is InChI=1S/C29H36N6O2/c1-6-14-30-18-26-31-22-12-10-20(16-24(22)33-26)8-9-21-11-13-23-25(17-21)34-27(32-23)19-35(15-7-2)28(36)37-29(3,4)5/h10-13,16-17,30H,6-7,14-15,18-19H2,1-5H3,(H,31,33)(H,32,34). The highest BCUT2D eigenvalue weighted by Crippen LogP contribution is 2.17. The first-order valence-corrected chi connectivity index (χ1v) is 12.9. The first-order valence-electron chi connectivity index (χ1n) is 12.9. The number of imidazole rings is 2. The number of nitrogens with zero attached hydrogens (tertiary/aromatic N) is 3. The third kappa shape index (κ3) is 7.11. The smallest absolute Gasteiger partial charge is 0.410 e. The van der Waals surface area contributed by atoms with E-state index in [1.807, 2.05) is 64.1 Å². The molecule has 0 aliphatic carbocycles. The molecule has 4 rings (SSSR count). The molecule has 0 spiro atoms. The van der Waals surface area contributed by atoms with Gasteiger partial charge in [0.25, 0.3) is 0 Å². The van der Waals surface area contributed by atoms with Crippen molar-refractivity contribution in [2.45, 2.75) is 66.2 Å². The number of benzene rings is 2. The van der Waals surface area contributed by atoms with Crippen LogP contribution in [0.3, 0.4) is 0 Å². The molecule has 2 aromatic carbocycles. The topological polar surface area (TPSA) is 98.9 Å². The lowest BCUT2D eigenvalue weighted by Crippen LogP contribution is -2.37. The van der Waals surface area contributed by atoms with Gasteiger partial charge in [-0.1, -0.05) is 25.7 Å². The van der Waals surface area contributed by atoms with Gasteiger partial charge in [0.2, 0.25) is 0 Å². The van der Waals surface area contributed by atoms with Crippen LogP contribution in [0, 0.1) is 11.8 Å². The maximum absolute atomic E-state index is 12.6. The second kappa shape index (κ2) is 11.5. The molecule has 0 unspecified atom stereocenters. The van der Waals surface area contributed by atoms with Gasteiger partial charge in [0.05, 0.1) is 35.2 Å². The van der Waals surface area contributed by atoms with Gasteiger partial charge in [-0.2, -0.15) is 0 Å². The molecule has 8 heteroatoms. The fourth-order valence-corrected chi connectivity index (χ4v) is 3.98. The number of rotatable bonds is 8. The third-order valence-corrected chi connectivity index (χ3v) is 5.62. The number of carbonyl (C=O) groups excluding carboxylic acids is 1. The second-order valence-corrected chi connectivity index (χ2v) is 10.2. The van der Waals surface area contributed by atoms with Gasteiger partial charge in [-0.15, -0.1) is 0 Å². The monoisotopic (exact) mass is 500 g/mol. The predicted octanol–water partition coefficient (Wildman–Crippen LogP) is 5.49. The molecule has 2 heterocycles. The Labute approximate surface area is 218 Å². The van der Waals surface area contributed by atoms with Crippen LogP contribution < -0.4 is 5.32 Å². The Bertz CT molecular complexity index is 1430. The summed E-state index contributed by atoms with van der Waals surface area (Å²) in [5, 5.41) is 3.37. The third-order valence-electron chi connectivity index (χ3n) is 5.62. The zero-order valence-corrected chi connectivity index (χ0v) is 22.4. The summed E-state index contributed by atoms with van der Waals surface area (Å²) in [5.74, 6) is 8.15. The summed E-state index contributed by atoms with van der Waals surface area (Å²) >= 11 is 0. The van der Waals surface area contributed by atoms with Crippen LogP contribution in [0.5, 0.6) is 0 Å². The zero-order chi connectivity index (χ0) is 26.4. The van der Waals surface area contributed by atoms with E-state index < -0.39 is 5.60 Å². The molecule has 4 aromatic rings. The Morgan fingerprint density at radius 2 is 1.54 bits per heavy atom. The van der Waals surface area contributed by atoms with Crippen LogP contribution in [0.2, 0.25) is 0 Å². The van der Waals surface area contributed by atoms with E-state index in [4.69, 9.17) is 4.74 Å². The molecular formula is C29H36N6O2. The van der Waals surface area contributed by atoms with Crippen LogP contribution in [0.1, 0.15) is 70.2 Å². The van der Waals surface area contributed by atoms with Crippen molar-refractivity contribution < 1.29 is 9.53 Å². The molecule has 8 nitrogen and oxygen atoms in total. The first-order chi connectivity index (χ1) is 17.7. The van der Waals surface area contributed by atoms with Gasteiger partial charge < -0.3 is 24.9 Å². The SMILES string of the molecule is CCCNCc1nc2ccc(C#Cc3ccc4nc(CN(CCC)C(=O)OC(C)(C)C)[nH]c4c3)cc2[nH]1. The van der Waals surface area contributed by atoms with Crippen LogP contribution in [-0.2, 0) is 17.8 Å². The van der Waals surface area contributed by atoms with E-state index in [1.54, 1.807) is 4.90 Å². The van der Waals surface area contributed by atoms with E-state index in [0.717, 1.165) is 64.9 Å². The average Bonchev–Trinajstić information content (AvgIpc) is 3.43. The molecule has 0 aliphatic heterocycles. The lowest BCUT2D eigenvalue weighted by Gasteiger charge is -2.26. The van der Waals surface area contributed by atoms with Gasteiger partial charge in [-0.3, -0.25) is 0 Å². The fraction of sp³-hybridized carbons (Fsp3) is 0.414. The molecule has 0 saturated carbocycles. The van der Waals surface area contributed by atoms with Gasteiger partial charge in [0.15, 0.2) is 0 Å². The number of H-pyrrole nitrogens is 2. The molecule has 0 fully saturated rings. The fourth-order valence-electron chi connectivity index (χ4n) is 3.98. The van der Waals surface area contributed by atoms with E-state index in [9.17, 15) is 4.79 Å². The van der Waals surface area contributed by atoms with E-state index in [1.165, 1.54) is 0 Å². The Morgan fingerprint density at radius 1 is 0.946 bits per heavy atom. The van der Waals surface area contributed by atoms with Crippen molar-refractivity contribution in [1.29, 1.82) is 0 Å². The van der Waals surface area contributed by atoms with Gasteiger partial charge >= 0.3 is 6.09 Å². The molecule has 0 saturated heterocycles. The van der Waals surface area contributed by atoms with E-state index >= 15 is 0 Å². The van der Waals surface area contributed by atoms with Crippen LogP contribution in [0.25, 0.3) is 22.1 Å². The number of hydrogen-bond donors (Lipinski definition) is 3. The maximum atomic E-state index is 12.6. The summed E-state index contributed by atoms with van der Waals surface area (Å²) in [6.45, 7) is 12.4. The molecule has 0 atom stereocenters. The van der Waals surface area contributed by atoms with Crippen LogP contribution >= 0.6 is 0 Å².